The van der Waals surface area contributed by atoms with E-state index >= 15 is 0 Å². The Hall–Kier alpha value is -1.48. The van der Waals surface area contributed by atoms with Crippen molar-refractivity contribution in [2.75, 3.05) is 6.54 Å². The van der Waals surface area contributed by atoms with E-state index in [1.807, 2.05) is 0 Å². The summed E-state index contributed by atoms with van der Waals surface area (Å²) in [5.74, 6) is -7.25. The summed E-state index contributed by atoms with van der Waals surface area (Å²) in [4.78, 5) is 21.1. The Morgan fingerprint density at radius 1 is 0.950 bits per heavy atom. The fourth-order valence-corrected chi connectivity index (χ4v) is 1.37. The molecular weight excluding hydrogens is 296 g/mol. The van der Waals surface area contributed by atoms with Gasteiger partial charge in [-0.1, -0.05) is 6.42 Å². The predicted molar refractivity (Wildman–Crippen MR) is 54.7 cm³/mol. The van der Waals surface area contributed by atoms with E-state index in [0.717, 1.165) is 0 Å². The Morgan fingerprint density at radius 2 is 1.45 bits per heavy atom. The van der Waals surface area contributed by atoms with E-state index in [1.54, 1.807) is 5.32 Å². The molecule has 0 aliphatic carbocycles. The number of hydrogen-bond donors (Lipinski definition) is 2. The number of unbranched alkanes of at least 4 members (excludes halogenated alkanes) is 2. The lowest BCUT2D eigenvalue weighted by atomic mass is 10.1. The lowest BCUT2D eigenvalue weighted by molar-refractivity contribution is -0.274. The number of halogens is 6. The topological polar surface area (TPSA) is 66.4 Å². The molecule has 0 aromatic rings. The van der Waals surface area contributed by atoms with Gasteiger partial charge in [-0.2, -0.15) is 26.3 Å². The van der Waals surface area contributed by atoms with Crippen LogP contribution >= 0.6 is 0 Å². The molecule has 118 valence electrons. The van der Waals surface area contributed by atoms with Crippen molar-refractivity contribution in [3.63, 3.8) is 0 Å². The number of aliphatic carboxylic acids is 1. The summed E-state index contributed by atoms with van der Waals surface area (Å²) in [6.07, 6.45) is -11.0. The first kappa shape index (κ1) is 18.5. The van der Waals surface area contributed by atoms with E-state index < -0.39 is 30.1 Å². The maximum absolute atomic E-state index is 12.1. The standard InChI is InChI=1S/C10H13F6NO3/c11-9(12,13)7(10(14,15)16)8(20)17-5-3-1-2-4-6(18)19/h7H,1-5H2,(H,17,20)(H,18,19). The fraction of sp³-hybridized carbons (Fsp3) is 0.800. The number of carboxylic acid groups (broad SMARTS) is 1. The van der Waals surface area contributed by atoms with Crippen LogP contribution < -0.4 is 5.32 Å². The van der Waals surface area contributed by atoms with Gasteiger partial charge < -0.3 is 10.4 Å². The highest BCUT2D eigenvalue weighted by molar-refractivity contribution is 5.80. The summed E-state index contributed by atoms with van der Waals surface area (Å²) in [6.45, 7) is -0.374. The van der Waals surface area contributed by atoms with Gasteiger partial charge in [0.1, 0.15) is 0 Å². The Morgan fingerprint density at radius 3 is 1.85 bits per heavy atom. The molecule has 0 aromatic carbocycles. The zero-order valence-corrected chi connectivity index (χ0v) is 10.1. The lowest BCUT2D eigenvalue weighted by Crippen LogP contribution is -2.48. The second-order valence-corrected chi connectivity index (χ2v) is 4.01. The van der Waals surface area contributed by atoms with Crippen LogP contribution in [0.1, 0.15) is 25.7 Å². The van der Waals surface area contributed by atoms with Gasteiger partial charge in [0.15, 0.2) is 0 Å². The summed E-state index contributed by atoms with van der Waals surface area (Å²) in [6, 6.07) is 0. The van der Waals surface area contributed by atoms with Crippen molar-refractivity contribution in [2.24, 2.45) is 5.92 Å². The van der Waals surface area contributed by atoms with E-state index in [2.05, 4.69) is 0 Å². The van der Waals surface area contributed by atoms with E-state index in [4.69, 9.17) is 5.11 Å². The van der Waals surface area contributed by atoms with Crippen molar-refractivity contribution < 1.29 is 41.0 Å². The first-order chi connectivity index (χ1) is 8.96. The second-order valence-electron chi connectivity index (χ2n) is 4.01. The van der Waals surface area contributed by atoms with Crippen LogP contribution in [0.15, 0.2) is 0 Å². The van der Waals surface area contributed by atoms with Gasteiger partial charge in [-0.25, -0.2) is 0 Å². The van der Waals surface area contributed by atoms with Gasteiger partial charge in [-0.15, -0.1) is 0 Å². The number of rotatable bonds is 7. The molecule has 0 heterocycles. The monoisotopic (exact) mass is 309 g/mol. The lowest BCUT2D eigenvalue weighted by Gasteiger charge is -2.21. The van der Waals surface area contributed by atoms with Crippen LogP contribution in [-0.2, 0) is 9.59 Å². The number of carboxylic acids is 1. The van der Waals surface area contributed by atoms with Crippen molar-refractivity contribution in [3.05, 3.63) is 0 Å². The number of carbonyl (C=O) groups excluding carboxylic acids is 1. The highest BCUT2D eigenvalue weighted by atomic mass is 19.4. The molecule has 0 aliphatic heterocycles. The van der Waals surface area contributed by atoms with Crippen LogP contribution in [0.25, 0.3) is 0 Å². The van der Waals surface area contributed by atoms with Crippen molar-refractivity contribution in [2.45, 2.75) is 38.0 Å². The quantitative estimate of drug-likeness (QED) is 0.561. The Bertz CT molecular complexity index is 325. The van der Waals surface area contributed by atoms with E-state index in [9.17, 15) is 35.9 Å². The van der Waals surface area contributed by atoms with Crippen molar-refractivity contribution in [1.29, 1.82) is 0 Å². The molecule has 0 atom stereocenters. The number of carbonyl (C=O) groups is 2. The average molecular weight is 309 g/mol. The van der Waals surface area contributed by atoms with Crippen molar-refractivity contribution in [3.8, 4) is 0 Å². The minimum Gasteiger partial charge on any atom is -0.481 e. The largest absolute Gasteiger partial charge is 0.481 e. The number of amides is 1. The molecule has 0 bridgehead atoms. The molecular formula is C10H13F6NO3. The zero-order chi connectivity index (χ0) is 16.0. The predicted octanol–water partition coefficient (Wildman–Crippen LogP) is 2.49. The van der Waals surface area contributed by atoms with Gasteiger partial charge in [0.05, 0.1) is 0 Å². The Kier molecular flexibility index (Phi) is 6.80. The second kappa shape index (κ2) is 7.34. The molecule has 4 nitrogen and oxygen atoms in total. The summed E-state index contributed by atoms with van der Waals surface area (Å²) in [7, 11) is 0. The third-order valence-corrected chi connectivity index (χ3v) is 2.28. The molecule has 1 amide bonds. The van der Waals surface area contributed by atoms with Crippen LogP contribution in [-0.4, -0.2) is 35.9 Å². The van der Waals surface area contributed by atoms with Crippen LogP contribution in [0, 0.1) is 5.92 Å². The number of hydrogen-bond acceptors (Lipinski definition) is 2. The zero-order valence-electron chi connectivity index (χ0n) is 10.1. The molecule has 0 rings (SSSR count). The summed E-state index contributed by atoms with van der Waals surface area (Å²) in [5, 5.41) is 9.85. The van der Waals surface area contributed by atoms with Gasteiger partial charge in [-0.05, 0) is 12.8 Å². The summed E-state index contributed by atoms with van der Waals surface area (Å²) < 4.78 is 72.8. The van der Waals surface area contributed by atoms with Gasteiger partial charge in [0, 0.05) is 13.0 Å². The summed E-state index contributed by atoms with van der Waals surface area (Å²) in [5.41, 5.74) is 0. The first-order valence-electron chi connectivity index (χ1n) is 5.59. The van der Waals surface area contributed by atoms with E-state index in [-0.39, 0.29) is 32.2 Å². The maximum atomic E-state index is 12.1. The molecule has 0 aliphatic rings. The van der Waals surface area contributed by atoms with E-state index in [0.29, 0.717) is 0 Å². The Labute approximate surface area is 110 Å². The van der Waals surface area contributed by atoms with Gasteiger partial charge in [0.2, 0.25) is 11.8 Å². The highest BCUT2D eigenvalue weighted by Crippen LogP contribution is 2.39. The smallest absolute Gasteiger partial charge is 0.409 e. The molecule has 0 spiro atoms. The molecule has 0 saturated heterocycles. The molecule has 2 N–H and O–H groups in total. The average Bonchev–Trinajstić information content (AvgIpc) is 2.18. The fourth-order valence-electron chi connectivity index (χ4n) is 1.37. The normalized spacial score (nSPS) is 12.6. The third-order valence-electron chi connectivity index (χ3n) is 2.28. The molecule has 20 heavy (non-hydrogen) atoms. The maximum Gasteiger partial charge on any atom is 0.409 e. The van der Waals surface area contributed by atoms with E-state index in [1.165, 1.54) is 0 Å². The first-order valence-corrected chi connectivity index (χ1v) is 5.59. The van der Waals surface area contributed by atoms with Crippen molar-refractivity contribution in [1.82, 2.24) is 5.32 Å². The number of alkyl halides is 6. The van der Waals surface area contributed by atoms with Gasteiger partial charge >= 0.3 is 18.3 Å². The van der Waals surface area contributed by atoms with Crippen LogP contribution in [0.2, 0.25) is 0 Å². The van der Waals surface area contributed by atoms with Crippen molar-refractivity contribution >= 4 is 11.9 Å². The molecule has 0 unspecified atom stereocenters. The SMILES string of the molecule is O=C(O)CCCCCNC(=O)C(C(F)(F)F)C(F)(F)F. The molecule has 10 heteroatoms. The highest BCUT2D eigenvalue weighted by Gasteiger charge is 2.60. The number of nitrogens with one attached hydrogen (secondary N) is 1. The third kappa shape index (κ3) is 7.19. The summed E-state index contributed by atoms with van der Waals surface area (Å²) >= 11 is 0. The molecule has 0 radical (unpaired) electrons. The van der Waals surface area contributed by atoms with Gasteiger partial charge in [0.25, 0.3) is 0 Å². The van der Waals surface area contributed by atoms with Crippen LogP contribution in [0.3, 0.4) is 0 Å². The van der Waals surface area contributed by atoms with Crippen LogP contribution in [0.4, 0.5) is 26.3 Å². The molecule has 0 fully saturated rings. The Balaban J connectivity index is 4.20. The van der Waals surface area contributed by atoms with Gasteiger partial charge in [-0.3, -0.25) is 9.59 Å². The van der Waals surface area contributed by atoms with Crippen LogP contribution in [0.5, 0.6) is 0 Å². The minimum absolute atomic E-state index is 0.0987. The molecule has 0 saturated carbocycles. The molecule has 0 aromatic heterocycles. The minimum atomic E-state index is -5.70.